The Labute approximate surface area is 238 Å². The van der Waals surface area contributed by atoms with Crippen LogP contribution in [0.3, 0.4) is 0 Å². The molecule has 0 saturated carbocycles. The Morgan fingerprint density at radius 3 is 2.39 bits per heavy atom. The maximum atomic E-state index is 15.0. The van der Waals surface area contributed by atoms with E-state index < -0.39 is 17.8 Å². The summed E-state index contributed by atoms with van der Waals surface area (Å²) in [5, 5.41) is 22.2. The second-order valence-corrected chi connectivity index (χ2v) is 10.3. The van der Waals surface area contributed by atoms with Gasteiger partial charge in [-0.25, -0.2) is 19.3 Å². The molecule has 1 aliphatic rings. The minimum atomic E-state index is -1.21. The summed E-state index contributed by atoms with van der Waals surface area (Å²) in [4.78, 5) is 13.1. The number of aryl methyl sites for hydroxylation is 1. The van der Waals surface area contributed by atoms with Gasteiger partial charge >= 0.3 is 0 Å². The Hall–Kier alpha value is -2.79. The molecule has 4 aromatic heterocycles. The molecule has 5 rings (SSSR count). The Bertz CT molecular complexity index is 1400. The molecule has 206 valence electrons. The maximum absolute atomic E-state index is 15.0. The molecule has 1 aliphatic heterocycles. The van der Waals surface area contributed by atoms with E-state index in [1.165, 1.54) is 0 Å². The number of pyridine rings is 1. The predicted molar refractivity (Wildman–Crippen MR) is 151 cm³/mol. The van der Waals surface area contributed by atoms with E-state index in [1.54, 1.807) is 30.6 Å². The highest BCUT2D eigenvalue weighted by atomic mass is 35.5. The lowest BCUT2D eigenvalue weighted by molar-refractivity contribution is -0.0281. The highest BCUT2D eigenvalue weighted by molar-refractivity contribution is 5.86. The van der Waals surface area contributed by atoms with E-state index in [2.05, 4.69) is 30.5 Å². The first-order chi connectivity index (χ1) is 16.5. The summed E-state index contributed by atoms with van der Waals surface area (Å²) < 4.78 is 22.7. The molecule has 13 heteroatoms. The number of halogens is 4. The molecular weight excluding hydrogens is 556 g/mol. The number of alkyl halides is 1. The fourth-order valence-electron chi connectivity index (χ4n) is 4.79. The number of ether oxygens (including phenoxy) is 1. The van der Waals surface area contributed by atoms with Crippen molar-refractivity contribution >= 4 is 43.0 Å². The summed E-state index contributed by atoms with van der Waals surface area (Å²) in [5.74, 6) is 0.785. The van der Waals surface area contributed by atoms with Crippen LogP contribution in [-0.2, 0) is 0 Å². The van der Waals surface area contributed by atoms with E-state index in [4.69, 9.17) is 4.74 Å². The van der Waals surface area contributed by atoms with Gasteiger partial charge in [0.05, 0.1) is 5.69 Å². The largest absolute Gasteiger partial charge is 0.506 e. The standard InChI is InChI=1S/C25H28FN7O2.3ClH/c1-14-12-33-13-16(11-28-23(33)29-14)15-8-18(34)21(27-10-15)17-6-7-20(31-30-17)35-19-9-24(2,3)32-25(4,5)22(19)26;;;/h6-8,10-13,19,22,32,34H,9H2,1-5H3;3*1H/t19-,22-;;;/m1.../s1. The number of piperidine rings is 1. The van der Waals surface area contributed by atoms with Crippen LogP contribution in [0.5, 0.6) is 11.6 Å². The molecular formula is C25H31Cl3FN7O2. The average Bonchev–Trinajstić information content (AvgIpc) is 3.16. The fraction of sp³-hybridized carbons (Fsp3) is 0.400. The second kappa shape index (κ2) is 11.5. The predicted octanol–water partition coefficient (Wildman–Crippen LogP) is 5.16. The minimum Gasteiger partial charge on any atom is -0.506 e. The van der Waals surface area contributed by atoms with E-state index in [1.807, 2.05) is 51.4 Å². The van der Waals surface area contributed by atoms with Crippen molar-refractivity contribution in [2.24, 2.45) is 0 Å². The van der Waals surface area contributed by atoms with Crippen LogP contribution >= 0.6 is 37.2 Å². The van der Waals surface area contributed by atoms with Gasteiger partial charge in [0.15, 0.2) is 6.17 Å². The number of imidazole rings is 1. The van der Waals surface area contributed by atoms with Crippen LogP contribution in [0.25, 0.3) is 28.3 Å². The van der Waals surface area contributed by atoms with E-state index >= 15 is 4.39 Å². The van der Waals surface area contributed by atoms with Gasteiger partial charge in [-0.05, 0) is 46.8 Å². The van der Waals surface area contributed by atoms with Crippen LogP contribution in [0, 0.1) is 6.92 Å². The lowest BCUT2D eigenvalue weighted by Gasteiger charge is -2.48. The lowest BCUT2D eigenvalue weighted by atomic mass is 9.79. The molecule has 0 spiro atoms. The van der Waals surface area contributed by atoms with Crippen molar-refractivity contribution < 1.29 is 14.2 Å². The molecule has 0 unspecified atom stereocenters. The molecule has 2 N–H and O–H groups in total. The molecule has 0 aromatic carbocycles. The van der Waals surface area contributed by atoms with Crippen molar-refractivity contribution in [3.63, 3.8) is 0 Å². The third kappa shape index (κ3) is 6.26. The summed E-state index contributed by atoms with van der Waals surface area (Å²) in [5.41, 5.74) is 2.01. The molecule has 1 fully saturated rings. The molecule has 0 amide bonds. The number of rotatable bonds is 4. The fourth-order valence-corrected chi connectivity index (χ4v) is 4.79. The third-order valence-electron chi connectivity index (χ3n) is 6.17. The lowest BCUT2D eigenvalue weighted by Crippen LogP contribution is -2.66. The smallest absolute Gasteiger partial charge is 0.233 e. The zero-order valence-electron chi connectivity index (χ0n) is 21.5. The molecule has 0 bridgehead atoms. The van der Waals surface area contributed by atoms with Crippen LogP contribution in [0.4, 0.5) is 4.39 Å². The van der Waals surface area contributed by atoms with E-state index in [-0.39, 0.29) is 60.1 Å². The normalized spacial score (nSPS) is 19.5. The van der Waals surface area contributed by atoms with Crippen LogP contribution in [0.15, 0.2) is 43.0 Å². The zero-order chi connectivity index (χ0) is 25.0. The molecule has 9 nitrogen and oxygen atoms in total. The van der Waals surface area contributed by atoms with Gasteiger partial charge in [-0.2, -0.15) is 0 Å². The van der Waals surface area contributed by atoms with Gasteiger partial charge in [-0.3, -0.25) is 4.40 Å². The topological polar surface area (TPSA) is 110 Å². The minimum absolute atomic E-state index is 0. The van der Waals surface area contributed by atoms with Crippen molar-refractivity contribution in [2.45, 2.75) is 64.4 Å². The van der Waals surface area contributed by atoms with Crippen LogP contribution in [-0.4, -0.2) is 58.0 Å². The maximum Gasteiger partial charge on any atom is 0.233 e. The van der Waals surface area contributed by atoms with Crippen LogP contribution in [0.2, 0.25) is 0 Å². The Morgan fingerprint density at radius 2 is 1.74 bits per heavy atom. The van der Waals surface area contributed by atoms with Gasteiger partial charge < -0.3 is 15.2 Å². The van der Waals surface area contributed by atoms with Crippen LogP contribution in [0.1, 0.15) is 39.8 Å². The SMILES string of the molecule is Cc1cn2cc(-c3cnc(-c4ccc(O[C@@H]5CC(C)(C)NC(C)(C)[C@@H]5F)nn4)c(O)c3)cnc2n1.Cl.Cl.Cl. The zero-order valence-corrected chi connectivity index (χ0v) is 24.0. The first-order valence-electron chi connectivity index (χ1n) is 11.5. The van der Waals surface area contributed by atoms with Gasteiger partial charge in [-0.1, -0.05) is 0 Å². The molecule has 1 saturated heterocycles. The number of nitrogens with zero attached hydrogens (tertiary/aromatic N) is 6. The van der Waals surface area contributed by atoms with Crippen molar-refractivity contribution in [3.8, 4) is 34.1 Å². The number of fused-ring (bicyclic) bond motifs is 1. The number of aromatic hydroxyl groups is 1. The highest BCUT2D eigenvalue weighted by Crippen LogP contribution is 2.34. The van der Waals surface area contributed by atoms with E-state index in [9.17, 15) is 5.11 Å². The Balaban J connectivity index is 0.00000169. The van der Waals surface area contributed by atoms with Gasteiger partial charge in [0.2, 0.25) is 11.7 Å². The summed E-state index contributed by atoms with van der Waals surface area (Å²) in [6.07, 6.45) is 5.71. The molecule has 2 atom stereocenters. The van der Waals surface area contributed by atoms with E-state index in [0.717, 1.165) is 11.3 Å². The molecule has 4 aromatic rings. The number of hydrogen-bond acceptors (Lipinski definition) is 8. The first-order valence-corrected chi connectivity index (χ1v) is 11.5. The third-order valence-corrected chi connectivity index (χ3v) is 6.17. The molecule has 38 heavy (non-hydrogen) atoms. The van der Waals surface area contributed by atoms with Crippen molar-refractivity contribution in [2.75, 3.05) is 0 Å². The van der Waals surface area contributed by atoms with Gasteiger partial charge in [0, 0.05) is 59.5 Å². The summed E-state index contributed by atoms with van der Waals surface area (Å²) in [7, 11) is 0. The Kier molecular flexibility index (Phi) is 9.53. The average molecular weight is 587 g/mol. The highest BCUT2D eigenvalue weighted by Gasteiger charge is 2.47. The van der Waals surface area contributed by atoms with Crippen molar-refractivity contribution in [1.82, 2.24) is 34.9 Å². The van der Waals surface area contributed by atoms with Gasteiger partial charge in [0.1, 0.15) is 23.2 Å². The number of aromatic nitrogens is 6. The van der Waals surface area contributed by atoms with Gasteiger partial charge in [-0.15, -0.1) is 47.4 Å². The Morgan fingerprint density at radius 1 is 1.03 bits per heavy atom. The molecule has 0 aliphatic carbocycles. The van der Waals surface area contributed by atoms with Crippen LogP contribution < -0.4 is 10.1 Å². The quantitative estimate of drug-likeness (QED) is 0.337. The summed E-state index contributed by atoms with van der Waals surface area (Å²) in [6, 6.07) is 4.87. The second-order valence-electron chi connectivity index (χ2n) is 10.3. The summed E-state index contributed by atoms with van der Waals surface area (Å²) in [6.45, 7) is 9.60. The van der Waals surface area contributed by atoms with E-state index in [0.29, 0.717) is 23.5 Å². The van der Waals surface area contributed by atoms with Crippen molar-refractivity contribution in [3.05, 3.63) is 48.7 Å². The molecule has 5 heterocycles. The number of hydrogen-bond donors (Lipinski definition) is 2. The molecule has 0 radical (unpaired) electrons. The monoisotopic (exact) mass is 585 g/mol. The summed E-state index contributed by atoms with van der Waals surface area (Å²) >= 11 is 0. The van der Waals surface area contributed by atoms with Gasteiger partial charge in [0.25, 0.3) is 0 Å². The number of nitrogens with one attached hydrogen (secondary N) is 1. The first kappa shape index (κ1) is 31.4. The van der Waals surface area contributed by atoms with Crippen molar-refractivity contribution in [1.29, 1.82) is 0 Å².